The molecule has 2 aliphatic heterocycles. The number of carbonyl (C=O) groups excluding carboxylic acids is 1. The van der Waals surface area contributed by atoms with Crippen LogP contribution in [0.2, 0.25) is 0 Å². The van der Waals surface area contributed by atoms with Gasteiger partial charge in [-0.3, -0.25) is 9.69 Å². The number of thioether (sulfide) groups is 1. The van der Waals surface area contributed by atoms with Crippen molar-refractivity contribution in [1.82, 2.24) is 4.90 Å². The van der Waals surface area contributed by atoms with E-state index >= 15 is 0 Å². The van der Waals surface area contributed by atoms with Gasteiger partial charge in [-0.2, -0.15) is 5.26 Å². The predicted octanol–water partition coefficient (Wildman–Crippen LogP) is 4.83. The average molecular weight is 465 g/mol. The van der Waals surface area contributed by atoms with Crippen LogP contribution in [-0.4, -0.2) is 34.9 Å². The van der Waals surface area contributed by atoms with E-state index in [0.29, 0.717) is 40.9 Å². The van der Waals surface area contributed by atoms with Gasteiger partial charge in [0.25, 0.3) is 0 Å². The third-order valence-corrected chi connectivity index (χ3v) is 7.18. The minimum atomic E-state index is -1.47. The van der Waals surface area contributed by atoms with E-state index in [1.807, 2.05) is 63.2 Å². The van der Waals surface area contributed by atoms with Gasteiger partial charge in [0.1, 0.15) is 0 Å². The standard InChI is InChI=1S/C26H28N2O4S/c1-4-12-32-22-11-8-18(13-23(22)31-5-2)20-14-24(29)28-25(21(20)15-27)33-16-26(28,30)19-9-6-17(3)7-10-19/h6-11,13,20,30H,4-5,12,14,16H2,1-3H3/t20-,26-/m1/s1. The maximum Gasteiger partial charge on any atom is 0.231 e. The molecule has 7 heteroatoms. The van der Waals surface area contributed by atoms with Gasteiger partial charge in [-0.1, -0.05) is 42.8 Å². The van der Waals surface area contributed by atoms with Crippen LogP contribution in [0.3, 0.4) is 0 Å². The molecule has 0 bridgehead atoms. The fourth-order valence-electron chi connectivity index (χ4n) is 4.28. The molecule has 4 rings (SSSR count). The van der Waals surface area contributed by atoms with Crippen LogP contribution >= 0.6 is 11.8 Å². The molecule has 2 aromatic carbocycles. The number of amides is 1. The Morgan fingerprint density at radius 2 is 1.94 bits per heavy atom. The molecule has 6 nitrogen and oxygen atoms in total. The minimum Gasteiger partial charge on any atom is -0.490 e. The van der Waals surface area contributed by atoms with Gasteiger partial charge in [0.15, 0.2) is 17.2 Å². The van der Waals surface area contributed by atoms with Crippen molar-refractivity contribution >= 4 is 17.7 Å². The summed E-state index contributed by atoms with van der Waals surface area (Å²) in [5.41, 5.74) is 1.57. The lowest BCUT2D eigenvalue weighted by atomic mass is 9.85. The summed E-state index contributed by atoms with van der Waals surface area (Å²) in [6.45, 7) is 6.98. The lowest BCUT2D eigenvalue weighted by molar-refractivity contribution is -0.149. The third kappa shape index (κ3) is 4.21. The summed E-state index contributed by atoms with van der Waals surface area (Å²) in [6.07, 6.45) is 0.980. The Morgan fingerprint density at radius 1 is 1.18 bits per heavy atom. The molecule has 0 radical (unpaired) electrons. The topological polar surface area (TPSA) is 82.8 Å². The summed E-state index contributed by atoms with van der Waals surface area (Å²) in [7, 11) is 0. The molecule has 2 aliphatic rings. The van der Waals surface area contributed by atoms with Crippen molar-refractivity contribution in [2.24, 2.45) is 0 Å². The lowest BCUT2D eigenvalue weighted by Gasteiger charge is -2.38. The number of rotatable bonds is 7. The molecule has 2 heterocycles. The van der Waals surface area contributed by atoms with E-state index in [0.717, 1.165) is 17.5 Å². The molecule has 0 spiro atoms. The number of nitrogens with zero attached hydrogens (tertiary/aromatic N) is 2. The van der Waals surface area contributed by atoms with Gasteiger partial charge in [-0.05, 0) is 38.0 Å². The molecule has 0 saturated carbocycles. The number of hydrogen-bond donors (Lipinski definition) is 1. The number of hydrogen-bond acceptors (Lipinski definition) is 6. The molecular formula is C26H28N2O4S. The van der Waals surface area contributed by atoms with E-state index in [1.165, 1.54) is 16.7 Å². The Bertz CT molecular complexity index is 1120. The van der Waals surface area contributed by atoms with Gasteiger partial charge in [-0.25, -0.2) is 0 Å². The Balaban J connectivity index is 1.73. The molecule has 172 valence electrons. The quantitative estimate of drug-likeness (QED) is 0.632. The second kappa shape index (κ2) is 9.50. The molecular weight excluding hydrogens is 436 g/mol. The monoisotopic (exact) mass is 464 g/mol. The first-order valence-electron chi connectivity index (χ1n) is 11.2. The van der Waals surface area contributed by atoms with E-state index in [1.54, 1.807) is 0 Å². The largest absolute Gasteiger partial charge is 0.490 e. The fourth-order valence-corrected chi connectivity index (χ4v) is 5.64. The molecule has 1 fully saturated rings. The third-order valence-electron chi connectivity index (χ3n) is 5.96. The first kappa shape index (κ1) is 23.2. The first-order chi connectivity index (χ1) is 15.9. The normalized spacial score (nSPS) is 22.2. The maximum atomic E-state index is 13.3. The molecule has 0 aromatic heterocycles. The number of benzene rings is 2. The average Bonchev–Trinajstić information content (AvgIpc) is 3.17. The number of carbonyl (C=O) groups is 1. The van der Waals surface area contributed by atoms with E-state index in [2.05, 4.69) is 6.07 Å². The van der Waals surface area contributed by atoms with Crippen molar-refractivity contribution in [2.75, 3.05) is 19.0 Å². The predicted molar refractivity (Wildman–Crippen MR) is 128 cm³/mol. The maximum absolute atomic E-state index is 13.3. The molecule has 2 aromatic rings. The second-order valence-corrected chi connectivity index (χ2v) is 9.24. The van der Waals surface area contributed by atoms with E-state index in [9.17, 15) is 15.2 Å². The van der Waals surface area contributed by atoms with Crippen LogP contribution in [0.5, 0.6) is 11.5 Å². The summed E-state index contributed by atoms with van der Waals surface area (Å²) >= 11 is 1.35. The van der Waals surface area contributed by atoms with Crippen molar-refractivity contribution in [2.45, 2.75) is 45.3 Å². The Kier molecular flexibility index (Phi) is 6.68. The van der Waals surface area contributed by atoms with Crippen LogP contribution < -0.4 is 9.47 Å². The molecule has 0 aliphatic carbocycles. The molecule has 1 saturated heterocycles. The zero-order valence-corrected chi connectivity index (χ0v) is 19.9. The number of allylic oxidation sites excluding steroid dienone is 1. The summed E-state index contributed by atoms with van der Waals surface area (Å²) in [5, 5.41) is 22.1. The molecule has 2 atom stereocenters. The van der Waals surface area contributed by atoms with Crippen molar-refractivity contribution in [1.29, 1.82) is 5.26 Å². The van der Waals surface area contributed by atoms with Crippen molar-refractivity contribution in [3.63, 3.8) is 0 Å². The highest BCUT2D eigenvalue weighted by Crippen LogP contribution is 2.52. The van der Waals surface area contributed by atoms with Crippen LogP contribution in [0, 0.1) is 18.3 Å². The Labute approximate surface area is 198 Å². The van der Waals surface area contributed by atoms with Crippen LogP contribution in [0.1, 0.15) is 49.3 Å². The highest BCUT2D eigenvalue weighted by molar-refractivity contribution is 8.03. The number of ether oxygens (including phenoxy) is 2. The number of aliphatic hydroxyl groups is 1. The Hall–Kier alpha value is -2.95. The second-order valence-electron chi connectivity index (χ2n) is 8.28. The summed E-state index contributed by atoms with van der Waals surface area (Å²) in [4.78, 5) is 14.8. The highest BCUT2D eigenvalue weighted by Gasteiger charge is 2.51. The number of nitriles is 1. The van der Waals surface area contributed by atoms with Crippen LogP contribution in [0.25, 0.3) is 0 Å². The van der Waals surface area contributed by atoms with Crippen LogP contribution in [0.4, 0.5) is 0 Å². The van der Waals surface area contributed by atoms with Gasteiger partial charge in [0, 0.05) is 17.9 Å². The summed E-state index contributed by atoms with van der Waals surface area (Å²) < 4.78 is 11.6. The van der Waals surface area contributed by atoms with Crippen molar-refractivity contribution in [3.8, 4) is 17.6 Å². The minimum absolute atomic E-state index is 0.0991. The van der Waals surface area contributed by atoms with Gasteiger partial charge >= 0.3 is 0 Å². The zero-order valence-electron chi connectivity index (χ0n) is 19.1. The SMILES string of the molecule is CCCOc1ccc([C@H]2CC(=O)N3C(=C2C#N)SC[C@@]3(O)c2ccc(C)cc2)cc1OCC. The molecule has 1 N–H and O–H groups in total. The van der Waals surface area contributed by atoms with E-state index in [4.69, 9.17) is 9.47 Å². The Morgan fingerprint density at radius 3 is 2.61 bits per heavy atom. The van der Waals surface area contributed by atoms with Gasteiger partial charge < -0.3 is 14.6 Å². The molecule has 0 unspecified atom stereocenters. The smallest absolute Gasteiger partial charge is 0.231 e. The fraction of sp³-hybridized carbons (Fsp3) is 0.385. The zero-order chi connectivity index (χ0) is 23.6. The van der Waals surface area contributed by atoms with E-state index < -0.39 is 11.6 Å². The first-order valence-corrected chi connectivity index (χ1v) is 12.2. The summed E-state index contributed by atoms with van der Waals surface area (Å²) in [5.74, 6) is 0.938. The number of aryl methyl sites for hydroxylation is 1. The summed E-state index contributed by atoms with van der Waals surface area (Å²) in [6, 6.07) is 15.4. The van der Waals surface area contributed by atoms with E-state index in [-0.39, 0.29) is 18.1 Å². The van der Waals surface area contributed by atoms with Gasteiger partial charge in [0.2, 0.25) is 5.91 Å². The van der Waals surface area contributed by atoms with Crippen LogP contribution in [0.15, 0.2) is 53.1 Å². The van der Waals surface area contributed by atoms with Crippen molar-refractivity contribution < 1.29 is 19.4 Å². The molecule has 1 amide bonds. The van der Waals surface area contributed by atoms with Crippen molar-refractivity contribution in [3.05, 3.63) is 69.8 Å². The lowest BCUT2D eigenvalue weighted by Crippen LogP contribution is -2.48. The number of fused-ring (bicyclic) bond motifs is 1. The molecule has 33 heavy (non-hydrogen) atoms. The highest BCUT2D eigenvalue weighted by atomic mass is 32.2. The van der Waals surface area contributed by atoms with Crippen LogP contribution in [-0.2, 0) is 10.5 Å². The van der Waals surface area contributed by atoms with Gasteiger partial charge in [0.05, 0.1) is 35.6 Å². The van der Waals surface area contributed by atoms with Gasteiger partial charge in [-0.15, -0.1) is 11.8 Å².